The van der Waals surface area contributed by atoms with Gasteiger partial charge >= 0.3 is 0 Å². The van der Waals surface area contributed by atoms with E-state index in [0.717, 1.165) is 19.3 Å². The van der Waals surface area contributed by atoms with Crippen molar-refractivity contribution in [1.29, 1.82) is 0 Å². The zero-order valence-electron chi connectivity index (χ0n) is 16.0. The highest BCUT2D eigenvalue weighted by Gasteiger charge is 2.38. The molecule has 0 spiro atoms. The number of rotatable bonds is 6. The largest absolute Gasteiger partial charge is 0.381 e. The molecular formula is C19H27ClN2O5S. The SMILES string of the molecule is COCC(=O)N(C1CCOCC1)C1CCCN(S(=O)(=O)c2ccccc2Cl)C1. The zero-order valence-corrected chi connectivity index (χ0v) is 17.6. The van der Waals surface area contributed by atoms with E-state index >= 15 is 0 Å². The topological polar surface area (TPSA) is 76.2 Å². The van der Waals surface area contributed by atoms with Crippen LogP contribution < -0.4 is 0 Å². The summed E-state index contributed by atoms with van der Waals surface area (Å²) in [7, 11) is -2.23. The van der Waals surface area contributed by atoms with Crippen LogP contribution in [0, 0.1) is 0 Å². The van der Waals surface area contributed by atoms with Gasteiger partial charge in [-0.25, -0.2) is 8.42 Å². The van der Waals surface area contributed by atoms with Crippen molar-refractivity contribution in [2.24, 2.45) is 0 Å². The molecule has 1 unspecified atom stereocenters. The first-order chi connectivity index (χ1) is 13.4. The minimum atomic E-state index is -3.72. The van der Waals surface area contributed by atoms with Gasteiger partial charge in [0.15, 0.2) is 0 Å². The lowest BCUT2D eigenvalue weighted by atomic mass is 9.99. The maximum atomic E-state index is 13.1. The fourth-order valence-corrected chi connectivity index (χ4v) is 6.04. The lowest BCUT2D eigenvalue weighted by Crippen LogP contribution is -2.56. The number of piperidine rings is 1. The molecule has 1 aromatic carbocycles. The molecule has 0 radical (unpaired) electrons. The Morgan fingerprint density at radius 3 is 2.64 bits per heavy atom. The third-order valence-electron chi connectivity index (χ3n) is 5.35. The van der Waals surface area contributed by atoms with E-state index in [1.807, 2.05) is 4.90 Å². The van der Waals surface area contributed by atoms with Crippen molar-refractivity contribution in [2.45, 2.75) is 42.7 Å². The van der Waals surface area contributed by atoms with E-state index in [2.05, 4.69) is 0 Å². The van der Waals surface area contributed by atoms with Gasteiger partial charge in [-0.3, -0.25) is 4.79 Å². The molecule has 9 heteroatoms. The van der Waals surface area contributed by atoms with Gasteiger partial charge in [-0.05, 0) is 37.8 Å². The molecule has 0 aliphatic carbocycles. The van der Waals surface area contributed by atoms with E-state index in [4.69, 9.17) is 21.1 Å². The number of ether oxygens (including phenoxy) is 2. The monoisotopic (exact) mass is 430 g/mol. The molecule has 2 heterocycles. The van der Waals surface area contributed by atoms with Gasteiger partial charge in [0.2, 0.25) is 15.9 Å². The standard InChI is InChI=1S/C19H27ClN2O5S/c1-26-14-19(23)22(15-8-11-27-12-9-15)16-5-4-10-21(13-16)28(24,25)18-7-3-2-6-17(18)20/h2-3,6-7,15-16H,4-5,8-14H2,1H3. The lowest BCUT2D eigenvalue weighted by molar-refractivity contribution is -0.143. The summed E-state index contributed by atoms with van der Waals surface area (Å²) in [5, 5.41) is 0.210. The van der Waals surface area contributed by atoms with Crippen LogP contribution in [-0.2, 0) is 24.3 Å². The van der Waals surface area contributed by atoms with Crippen molar-refractivity contribution in [3.05, 3.63) is 29.3 Å². The molecule has 0 bridgehead atoms. The van der Waals surface area contributed by atoms with Gasteiger partial charge in [0, 0.05) is 45.5 Å². The molecule has 3 rings (SSSR count). The second kappa shape index (κ2) is 9.54. The fourth-order valence-electron chi connectivity index (χ4n) is 4.03. The Hall–Kier alpha value is -1.19. The molecule has 2 aliphatic rings. The molecule has 0 saturated carbocycles. The molecule has 2 fully saturated rings. The minimum Gasteiger partial charge on any atom is -0.381 e. The minimum absolute atomic E-state index is 0.00881. The Morgan fingerprint density at radius 2 is 1.96 bits per heavy atom. The number of carbonyl (C=O) groups excluding carboxylic acids is 1. The molecule has 1 atom stereocenters. The normalized spacial score (nSPS) is 22.1. The van der Waals surface area contributed by atoms with Gasteiger partial charge in [-0.2, -0.15) is 4.31 Å². The van der Waals surface area contributed by atoms with Gasteiger partial charge in [0.05, 0.1) is 5.02 Å². The molecule has 1 amide bonds. The highest BCUT2D eigenvalue weighted by atomic mass is 35.5. The van der Waals surface area contributed by atoms with Crippen molar-refractivity contribution in [3.63, 3.8) is 0 Å². The van der Waals surface area contributed by atoms with Gasteiger partial charge in [-0.1, -0.05) is 23.7 Å². The van der Waals surface area contributed by atoms with Crippen molar-refractivity contribution < 1.29 is 22.7 Å². The van der Waals surface area contributed by atoms with Crippen LogP contribution in [0.1, 0.15) is 25.7 Å². The summed E-state index contributed by atoms with van der Waals surface area (Å²) in [5.74, 6) is -0.101. The average Bonchev–Trinajstić information content (AvgIpc) is 2.70. The Balaban J connectivity index is 1.83. The number of amides is 1. The zero-order chi connectivity index (χ0) is 20.1. The van der Waals surface area contributed by atoms with Crippen molar-refractivity contribution in [2.75, 3.05) is 40.0 Å². The van der Waals surface area contributed by atoms with Crippen molar-refractivity contribution in [1.82, 2.24) is 9.21 Å². The highest BCUT2D eigenvalue weighted by Crippen LogP contribution is 2.29. The molecule has 28 heavy (non-hydrogen) atoms. The van der Waals surface area contributed by atoms with E-state index in [1.54, 1.807) is 18.2 Å². The number of hydrogen-bond acceptors (Lipinski definition) is 5. The number of methoxy groups -OCH3 is 1. The number of hydrogen-bond donors (Lipinski definition) is 0. The van der Waals surface area contributed by atoms with E-state index < -0.39 is 10.0 Å². The Bertz CT molecular complexity index is 782. The maximum Gasteiger partial charge on any atom is 0.249 e. The quantitative estimate of drug-likeness (QED) is 0.691. The first kappa shape index (κ1) is 21.5. The predicted octanol–water partition coefficient (Wildman–Crippen LogP) is 2.15. The van der Waals surface area contributed by atoms with Gasteiger partial charge in [-0.15, -0.1) is 0 Å². The molecule has 1 aromatic rings. The summed E-state index contributed by atoms with van der Waals surface area (Å²) in [4.78, 5) is 14.8. The summed E-state index contributed by atoms with van der Waals surface area (Å²) >= 11 is 6.14. The third-order valence-corrected chi connectivity index (χ3v) is 7.71. The first-order valence-corrected chi connectivity index (χ1v) is 11.4. The van der Waals surface area contributed by atoms with Gasteiger partial charge < -0.3 is 14.4 Å². The van der Waals surface area contributed by atoms with Crippen LogP contribution in [0.4, 0.5) is 0 Å². The van der Waals surface area contributed by atoms with E-state index in [1.165, 1.54) is 17.5 Å². The molecule has 156 valence electrons. The Morgan fingerprint density at radius 1 is 1.25 bits per heavy atom. The molecular weight excluding hydrogens is 404 g/mol. The van der Waals surface area contributed by atoms with Crippen LogP contribution in [0.15, 0.2) is 29.2 Å². The van der Waals surface area contributed by atoms with Crippen LogP contribution in [0.5, 0.6) is 0 Å². The summed E-state index contributed by atoms with van der Waals surface area (Å²) in [5.41, 5.74) is 0. The number of halogens is 1. The second-order valence-corrected chi connectivity index (χ2v) is 9.48. The summed E-state index contributed by atoms with van der Waals surface area (Å²) in [6.07, 6.45) is 2.96. The molecule has 2 saturated heterocycles. The lowest BCUT2D eigenvalue weighted by Gasteiger charge is -2.43. The fraction of sp³-hybridized carbons (Fsp3) is 0.632. The smallest absolute Gasteiger partial charge is 0.249 e. The van der Waals surface area contributed by atoms with E-state index in [-0.39, 0.29) is 41.1 Å². The summed E-state index contributed by atoms with van der Waals surface area (Å²) < 4.78 is 38.2. The molecule has 0 aromatic heterocycles. The van der Waals surface area contributed by atoms with Crippen molar-refractivity contribution in [3.8, 4) is 0 Å². The molecule has 7 nitrogen and oxygen atoms in total. The van der Waals surface area contributed by atoms with Crippen LogP contribution in [-0.4, -0.2) is 75.6 Å². The number of sulfonamides is 1. The van der Waals surface area contributed by atoms with Gasteiger partial charge in [0.25, 0.3) is 0 Å². The molecule has 2 aliphatic heterocycles. The van der Waals surface area contributed by atoms with Crippen molar-refractivity contribution >= 4 is 27.5 Å². The number of nitrogens with zero attached hydrogens (tertiary/aromatic N) is 2. The average molecular weight is 431 g/mol. The Kier molecular flexibility index (Phi) is 7.33. The summed E-state index contributed by atoms with van der Waals surface area (Å²) in [6, 6.07) is 6.33. The highest BCUT2D eigenvalue weighted by molar-refractivity contribution is 7.89. The van der Waals surface area contributed by atoms with Crippen LogP contribution in [0.25, 0.3) is 0 Å². The third kappa shape index (κ3) is 4.68. The van der Waals surface area contributed by atoms with Crippen LogP contribution >= 0.6 is 11.6 Å². The molecule has 0 N–H and O–H groups in total. The number of carbonyl (C=O) groups is 1. The maximum absolute atomic E-state index is 13.1. The Labute approximate surface area is 171 Å². The second-order valence-electron chi connectivity index (χ2n) is 7.17. The number of benzene rings is 1. The van der Waals surface area contributed by atoms with Crippen LogP contribution in [0.2, 0.25) is 5.02 Å². The van der Waals surface area contributed by atoms with Crippen LogP contribution in [0.3, 0.4) is 0 Å². The first-order valence-electron chi connectivity index (χ1n) is 9.57. The predicted molar refractivity (Wildman–Crippen MR) is 106 cm³/mol. The summed E-state index contributed by atoms with van der Waals surface area (Å²) in [6.45, 7) is 1.89. The van der Waals surface area contributed by atoms with E-state index in [0.29, 0.717) is 26.2 Å². The van der Waals surface area contributed by atoms with E-state index in [9.17, 15) is 13.2 Å². The van der Waals surface area contributed by atoms with Gasteiger partial charge in [0.1, 0.15) is 11.5 Å².